The third-order valence-electron chi connectivity index (χ3n) is 4.94. The monoisotopic (exact) mass is 471 g/mol. The molecular weight excluding hydrogens is 454 g/mol. The van der Waals surface area contributed by atoms with Gasteiger partial charge < -0.3 is 10.1 Å². The molecule has 0 saturated carbocycles. The van der Waals surface area contributed by atoms with Crippen LogP contribution in [-0.4, -0.2) is 41.1 Å². The molecule has 0 aliphatic carbocycles. The number of thioether (sulfide) groups is 1. The van der Waals surface area contributed by atoms with Gasteiger partial charge >= 0.3 is 5.97 Å². The summed E-state index contributed by atoms with van der Waals surface area (Å²) < 4.78 is 5.25. The number of ether oxygens (including phenoxy) is 1. The van der Waals surface area contributed by atoms with Gasteiger partial charge in [-0.05, 0) is 42.5 Å². The van der Waals surface area contributed by atoms with E-state index in [2.05, 4.69) is 5.32 Å². The Kier molecular flexibility index (Phi) is 6.71. The summed E-state index contributed by atoms with van der Waals surface area (Å²) in [6, 6.07) is 21.5. The quantitative estimate of drug-likeness (QED) is 0.317. The average Bonchev–Trinajstić information content (AvgIpc) is 3.11. The normalized spacial score (nSPS) is 12.1. The fourth-order valence-electron chi connectivity index (χ4n) is 3.33. The van der Waals surface area contributed by atoms with Crippen LogP contribution in [0.3, 0.4) is 0 Å². The first-order chi connectivity index (χ1) is 16.5. The van der Waals surface area contributed by atoms with E-state index in [1.54, 1.807) is 72.8 Å². The summed E-state index contributed by atoms with van der Waals surface area (Å²) in [4.78, 5) is 51.3. The highest BCUT2D eigenvalue weighted by molar-refractivity contribution is 8.00. The molecule has 3 aromatic carbocycles. The predicted molar refractivity (Wildman–Crippen MR) is 124 cm³/mol. The van der Waals surface area contributed by atoms with Crippen LogP contribution in [0, 0.1) is 11.3 Å². The van der Waals surface area contributed by atoms with Crippen LogP contribution in [0.2, 0.25) is 0 Å². The fourth-order valence-corrected chi connectivity index (χ4v) is 4.17. The molecule has 1 aliphatic heterocycles. The van der Waals surface area contributed by atoms with Crippen LogP contribution in [0.25, 0.3) is 0 Å². The zero-order valence-electron chi connectivity index (χ0n) is 17.7. The van der Waals surface area contributed by atoms with Gasteiger partial charge in [0.1, 0.15) is 0 Å². The van der Waals surface area contributed by atoms with Crippen molar-refractivity contribution in [3.05, 3.63) is 95.1 Å². The van der Waals surface area contributed by atoms with Gasteiger partial charge in [0.2, 0.25) is 5.91 Å². The third kappa shape index (κ3) is 4.82. The van der Waals surface area contributed by atoms with Gasteiger partial charge in [-0.1, -0.05) is 30.3 Å². The first kappa shape index (κ1) is 22.8. The number of hydrogen-bond acceptors (Lipinski definition) is 7. The third-order valence-corrected chi connectivity index (χ3v) is 6.02. The lowest BCUT2D eigenvalue weighted by Gasteiger charge is -2.15. The zero-order valence-corrected chi connectivity index (χ0v) is 18.5. The highest BCUT2D eigenvalue weighted by atomic mass is 32.2. The van der Waals surface area contributed by atoms with Crippen molar-refractivity contribution in [1.29, 1.82) is 5.26 Å². The van der Waals surface area contributed by atoms with Crippen molar-refractivity contribution in [3.63, 3.8) is 0 Å². The van der Waals surface area contributed by atoms with Gasteiger partial charge in [-0.3, -0.25) is 14.4 Å². The summed E-state index contributed by atoms with van der Waals surface area (Å²) in [5, 5.41) is 11.7. The summed E-state index contributed by atoms with van der Waals surface area (Å²) in [5.74, 6) is -2.06. The van der Waals surface area contributed by atoms with Gasteiger partial charge in [0.05, 0.1) is 34.1 Å². The minimum absolute atomic E-state index is 0.0134. The lowest BCUT2D eigenvalue weighted by Crippen LogP contribution is -2.33. The van der Waals surface area contributed by atoms with Crippen LogP contribution in [0.1, 0.15) is 36.6 Å². The number of esters is 1. The van der Waals surface area contributed by atoms with Gasteiger partial charge in [0.25, 0.3) is 11.8 Å². The number of anilines is 1. The molecular formula is C25H17N3O5S. The summed E-state index contributed by atoms with van der Waals surface area (Å²) in [7, 11) is 0. The first-order valence-corrected chi connectivity index (χ1v) is 11.1. The number of fused-ring (bicyclic) bond motifs is 1. The Morgan fingerprint density at radius 1 is 0.941 bits per heavy atom. The summed E-state index contributed by atoms with van der Waals surface area (Å²) in [6.45, 7) is -0.514. The molecule has 0 fully saturated rings. The molecule has 0 spiro atoms. The molecule has 0 unspecified atom stereocenters. The molecule has 0 atom stereocenters. The Morgan fingerprint density at radius 2 is 1.62 bits per heavy atom. The average molecular weight is 471 g/mol. The largest absolute Gasteiger partial charge is 0.440 e. The maximum Gasteiger partial charge on any atom is 0.341 e. The molecule has 8 nitrogen and oxygen atoms in total. The van der Waals surface area contributed by atoms with E-state index in [0.29, 0.717) is 16.1 Å². The van der Waals surface area contributed by atoms with E-state index < -0.39 is 24.5 Å². The van der Waals surface area contributed by atoms with Crippen molar-refractivity contribution < 1.29 is 23.9 Å². The molecule has 1 N–H and O–H groups in total. The Labute approximate surface area is 199 Å². The van der Waals surface area contributed by atoms with Gasteiger partial charge in [0, 0.05) is 10.6 Å². The van der Waals surface area contributed by atoms with Crippen LogP contribution in [-0.2, 0) is 9.53 Å². The van der Waals surface area contributed by atoms with E-state index in [1.165, 1.54) is 0 Å². The number of hydrogen-bond donors (Lipinski definition) is 1. The topological polar surface area (TPSA) is 117 Å². The van der Waals surface area contributed by atoms with E-state index in [4.69, 9.17) is 10.00 Å². The van der Waals surface area contributed by atoms with E-state index in [0.717, 1.165) is 16.7 Å². The molecule has 0 radical (unpaired) electrons. The molecule has 4 rings (SSSR count). The number of benzene rings is 3. The molecule has 34 heavy (non-hydrogen) atoms. The minimum atomic E-state index is -0.721. The van der Waals surface area contributed by atoms with E-state index in [-0.39, 0.29) is 28.4 Å². The maximum absolute atomic E-state index is 12.7. The second-order valence-corrected chi connectivity index (χ2v) is 8.19. The van der Waals surface area contributed by atoms with E-state index >= 15 is 0 Å². The molecule has 0 bridgehead atoms. The van der Waals surface area contributed by atoms with Crippen molar-refractivity contribution in [1.82, 2.24) is 4.90 Å². The first-order valence-electron chi connectivity index (χ1n) is 10.1. The lowest BCUT2D eigenvalue weighted by atomic mass is 10.1. The maximum atomic E-state index is 12.7. The van der Waals surface area contributed by atoms with Crippen molar-refractivity contribution in [2.75, 3.05) is 17.8 Å². The molecule has 1 aliphatic rings. The predicted octanol–water partition coefficient (Wildman–Crippen LogP) is 3.70. The molecule has 0 aromatic heterocycles. The van der Waals surface area contributed by atoms with Crippen LogP contribution in [0.5, 0.6) is 0 Å². The molecule has 9 heteroatoms. The second-order valence-electron chi connectivity index (χ2n) is 7.17. The van der Waals surface area contributed by atoms with Gasteiger partial charge in [0.15, 0.2) is 6.73 Å². The zero-order chi connectivity index (χ0) is 24.1. The highest BCUT2D eigenvalue weighted by Crippen LogP contribution is 2.25. The Morgan fingerprint density at radius 3 is 2.32 bits per heavy atom. The van der Waals surface area contributed by atoms with Crippen LogP contribution < -0.4 is 5.32 Å². The minimum Gasteiger partial charge on any atom is -0.440 e. The summed E-state index contributed by atoms with van der Waals surface area (Å²) in [5.41, 5.74) is 1.68. The number of amides is 3. The Bertz CT molecular complexity index is 1310. The molecule has 3 amide bonds. The number of nitrogens with one attached hydrogen (secondary N) is 1. The molecule has 0 saturated heterocycles. The van der Waals surface area contributed by atoms with Crippen LogP contribution >= 0.6 is 11.8 Å². The fraction of sp³-hybridized carbons (Fsp3) is 0.0800. The summed E-state index contributed by atoms with van der Waals surface area (Å²) in [6.07, 6.45) is 0. The Balaban J connectivity index is 1.37. The second kappa shape index (κ2) is 10.0. The number of carbonyl (C=O) groups is 4. The Hall–Kier alpha value is -4.42. The van der Waals surface area contributed by atoms with Crippen molar-refractivity contribution >= 4 is 41.1 Å². The van der Waals surface area contributed by atoms with Crippen LogP contribution in [0.4, 0.5) is 5.69 Å². The standard InChI is InChI=1S/C25H17N3O5S/c26-13-16-6-5-7-17(12-16)27-22(29)14-34-21-11-4-3-10-20(21)25(32)33-15-28-23(30)18-8-1-2-9-19(18)24(28)31/h1-12H,14-15H2,(H,27,29). The van der Waals surface area contributed by atoms with Gasteiger partial charge in [-0.25, -0.2) is 9.69 Å². The number of imide groups is 1. The summed E-state index contributed by atoms with van der Waals surface area (Å²) >= 11 is 1.14. The number of nitrogens with zero attached hydrogens (tertiary/aromatic N) is 2. The smallest absolute Gasteiger partial charge is 0.341 e. The number of rotatable bonds is 7. The van der Waals surface area contributed by atoms with Gasteiger partial charge in [-0.15, -0.1) is 11.8 Å². The molecule has 3 aromatic rings. The van der Waals surface area contributed by atoms with Crippen molar-refractivity contribution in [2.24, 2.45) is 0 Å². The van der Waals surface area contributed by atoms with E-state index in [9.17, 15) is 19.2 Å². The highest BCUT2D eigenvalue weighted by Gasteiger charge is 2.35. The van der Waals surface area contributed by atoms with E-state index in [1.807, 2.05) is 6.07 Å². The van der Waals surface area contributed by atoms with Gasteiger partial charge in [-0.2, -0.15) is 5.26 Å². The SMILES string of the molecule is N#Cc1cccc(NC(=O)CSc2ccccc2C(=O)OCN2C(=O)c3ccccc3C2=O)c1. The number of nitriles is 1. The van der Waals surface area contributed by atoms with Crippen molar-refractivity contribution in [2.45, 2.75) is 4.90 Å². The number of carbonyl (C=O) groups excluding carboxylic acids is 4. The molecule has 168 valence electrons. The van der Waals surface area contributed by atoms with Crippen LogP contribution in [0.15, 0.2) is 77.7 Å². The van der Waals surface area contributed by atoms with Crippen molar-refractivity contribution in [3.8, 4) is 6.07 Å². The lowest BCUT2D eigenvalue weighted by molar-refractivity contribution is -0.113. The molecule has 1 heterocycles.